The van der Waals surface area contributed by atoms with Gasteiger partial charge in [0.25, 0.3) is 5.69 Å². The van der Waals surface area contributed by atoms with E-state index in [1.54, 1.807) is 36.7 Å². The van der Waals surface area contributed by atoms with Crippen LogP contribution in [0.25, 0.3) is 21.9 Å². The number of aryl methyl sites for hydroxylation is 2. The van der Waals surface area contributed by atoms with E-state index in [4.69, 9.17) is 0 Å². The second-order valence-electron chi connectivity index (χ2n) is 8.56. The van der Waals surface area contributed by atoms with Crippen molar-refractivity contribution in [1.29, 1.82) is 0 Å². The summed E-state index contributed by atoms with van der Waals surface area (Å²) in [5, 5.41) is 15.5. The number of sulfonamides is 1. The molecule has 186 valence electrons. The SMILES string of the molecule is Cc1cc([N+](=O)[O-])ccc1CCCNCCNS(=O)(=O)c1cc(-c2ccccc2)cc2cnccc12. The molecule has 9 heteroatoms. The average Bonchev–Trinajstić information content (AvgIpc) is 2.88. The normalized spacial score (nSPS) is 11.6. The number of benzene rings is 3. The molecule has 0 saturated heterocycles. The van der Waals surface area contributed by atoms with Crippen molar-refractivity contribution in [1.82, 2.24) is 15.0 Å². The standard InChI is InChI=1S/C27H28N4O4S/c1-20-16-25(31(32)33)10-9-21(20)8-5-12-28-14-15-30-36(34,35)27-18-23(22-6-3-2-4-7-22)17-24-19-29-13-11-26(24)27/h2-4,6-7,9-11,13,16-19,28,30H,5,8,12,14-15H2,1H3. The Kier molecular flexibility index (Phi) is 8.04. The highest BCUT2D eigenvalue weighted by atomic mass is 32.2. The van der Waals surface area contributed by atoms with Crippen LogP contribution in [-0.4, -0.2) is 38.0 Å². The summed E-state index contributed by atoms with van der Waals surface area (Å²) < 4.78 is 29.1. The molecule has 0 spiro atoms. The van der Waals surface area contributed by atoms with Crippen molar-refractivity contribution in [2.75, 3.05) is 19.6 Å². The molecule has 0 amide bonds. The number of nitro groups is 1. The lowest BCUT2D eigenvalue weighted by atomic mass is 10.0. The molecule has 0 aliphatic heterocycles. The highest BCUT2D eigenvalue weighted by Crippen LogP contribution is 2.30. The molecule has 2 N–H and O–H groups in total. The van der Waals surface area contributed by atoms with E-state index in [-0.39, 0.29) is 17.1 Å². The van der Waals surface area contributed by atoms with E-state index >= 15 is 0 Å². The van der Waals surface area contributed by atoms with Crippen molar-refractivity contribution >= 4 is 26.5 Å². The third-order valence-electron chi connectivity index (χ3n) is 6.04. The zero-order valence-electron chi connectivity index (χ0n) is 20.0. The number of nitro benzene ring substituents is 1. The van der Waals surface area contributed by atoms with Crippen molar-refractivity contribution in [2.45, 2.75) is 24.7 Å². The number of hydrogen-bond acceptors (Lipinski definition) is 6. The van der Waals surface area contributed by atoms with Crippen LogP contribution in [0.4, 0.5) is 5.69 Å². The molecular formula is C27H28N4O4S. The van der Waals surface area contributed by atoms with Crippen LogP contribution in [0.2, 0.25) is 0 Å². The maximum absolute atomic E-state index is 13.2. The van der Waals surface area contributed by atoms with Crippen LogP contribution in [-0.2, 0) is 16.4 Å². The highest BCUT2D eigenvalue weighted by molar-refractivity contribution is 7.89. The molecule has 0 aliphatic rings. The van der Waals surface area contributed by atoms with Crippen LogP contribution in [0.15, 0.2) is 84.0 Å². The summed E-state index contributed by atoms with van der Waals surface area (Å²) in [6, 6.07) is 19.9. The fourth-order valence-corrected chi connectivity index (χ4v) is 5.43. The molecule has 4 aromatic rings. The predicted molar refractivity (Wildman–Crippen MR) is 141 cm³/mol. The molecule has 0 saturated carbocycles. The Balaban J connectivity index is 1.34. The summed E-state index contributed by atoms with van der Waals surface area (Å²) in [5.41, 5.74) is 3.82. The summed E-state index contributed by atoms with van der Waals surface area (Å²) in [4.78, 5) is 14.9. The van der Waals surface area contributed by atoms with Crippen LogP contribution in [0.1, 0.15) is 17.5 Å². The molecule has 1 aromatic heterocycles. The van der Waals surface area contributed by atoms with Gasteiger partial charge in [-0.1, -0.05) is 36.4 Å². The topological polar surface area (TPSA) is 114 Å². The van der Waals surface area contributed by atoms with Crippen molar-refractivity contribution in [3.8, 4) is 11.1 Å². The van der Waals surface area contributed by atoms with Gasteiger partial charge in [0, 0.05) is 48.4 Å². The molecule has 0 fully saturated rings. The number of pyridine rings is 1. The molecule has 0 atom stereocenters. The second-order valence-corrected chi connectivity index (χ2v) is 10.3. The molecule has 0 unspecified atom stereocenters. The van der Waals surface area contributed by atoms with E-state index in [9.17, 15) is 18.5 Å². The minimum Gasteiger partial charge on any atom is -0.315 e. The number of fused-ring (bicyclic) bond motifs is 1. The lowest BCUT2D eigenvalue weighted by molar-refractivity contribution is -0.384. The number of nitrogens with one attached hydrogen (secondary N) is 2. The first-order valence-corrected chi connectivity index (χ1v) is 13.2. The summed E-state index contributed by atoms with van der Waals surface area (Å²) in [5.74, 6) is 0. The van der Waals surface area contributed by atoms with Gasteiger partial charge in [-0.25, -0.2) is 13.1 Å². The number of nitrogens with zero attached hydrogens (tertiary/aromatic N) is 2. The molecule has 3 aromatic carbocycles. The van der Waals surface area contributed by atoms with Crippen LogP contribution in [0, 0.1) is 17.0 Å². The lowest BCUT2D eigenvalue weighted by Crippen LogP contribution is -2.32. The quantitative estimate of drug-likeness (QED) is 0.175. The Morgan fingerprint density at radius 1 is 0.944 bits per heavy atom. The van der Waals surface area contributed by atoms with Crippen LogP contribution >= 0.6 is 0 Å². The first kappa shape index (κ1) is 25.4. The van der Waals surface area contributed by atoms with Gasteiger partial charge < -0.3 is 5.32 Å². The zero-order valence-corrected chi connectivity index (χ0v) is 20.8. The van der Waals surface area contributed by atoms with Gasteiger partial charge in [-0.2, -0.15) is 0 Å². The molecule has 8 nitrogen and oxygen atoms in total. The summed E-state index contributed by atoms with van der Waals surface area (Å²) in [6.45, 7) is 3.31. The van der Waals surface area contributed by atoms with Gasteiger partial charge in [-0.05, 0) is 66.8 Å². The molecule has 4 rings (SSSR count). The van der Waals surface area contributed by atoms with Crippen LogP contribution in [0.5, 0.6) is 0 Å². The zero-order chi connectivity index (χ0) is 25.5. The van der Waals surface area contributed by atoms with E-state index < -0.39 is 14.9 Å². The van der Waals surface area contributed by atoms with E-state index in [0.717, 1.165) is 40.5 Å². The van der Waals surface area contributed by atoms with Gasteiger partial charge >= 0.3 is 0 Å². The summed E-state index contributed by atoms with van der Waals surface area (Å²) >= 11 is 0. The minimum absolute atomic E-state index is 0.0972. The number of rotatable bonds is 11. The summed E-state index contributed by atoms with van der Waals surface area (Å²) in [6.07, 6.45) is 4.89. The molecule has 0 bridgehead atoms. The van der Waals surface area contributed by atoms with Crippen LogP contribution < -0.4 is 10.0 Å². The van der Waals surface area contributed by atoms with Gasteiger partial charge in [0.2, 0.25) is 10.0 Å². The Bertz CT molecular complexity index is 1470. The molecule has 0 aliphatic carbocycles. The van der Waals surface area contributed by atoms with E-state index in [1.807, 2.05) is 43.3 Å². The Hall–Kier alpha value is -3.66. The Morgan fingerprint density at radius 2 is 1.75 bits per heavy atom. The Labute approximate surface area is 210 Å². The maximum atomic E-state index is 13.2. The molecule has 36 heavy (non-hydrogen) atoms. The second kappa shape index (κ2) is 11.4. The first-order valence-electron chi connectivity index (χ1n) is 11.7. The van der Waals surface area contributed by atoms with Gasteiger partial charge in [-0.15, -0.1) is 0 Å². The largest absolute Gasteiger partial charge is 0.315 e. The minimum atomic E-state index is -3.74. The predicted octanol–water partition coefficient (Wildman–Crippen LogP) is 4.62. The first-order chi connectivity index (χ1) is 17.3. The molecule has 1 heterocycles. The van der Waals surface area contributed by atoms with Gasteiger partial charge in [0.15, 0.2) is 0 Å². The highest BCUT2D eigenvalue weighted by Gasteiger charge is 2.19. The van der Waals surface area contributed by atoms with Crippen molar-refractivity contribution in [3.63, 3.8) is 0 Å². The smallest absolute Gasteiger partial charge is 0.269 e. The third kappa shape index (κ3) is 6.12. The fourth-order valence-electron chi connectivity index (χ4n) is 4.15. The van der Waals surface area contributed by atoms with Crippen molar-refractivity contribution in [2.24, 2.45) is 0 Å². The van der Waals surface area contributed by atoms with Crippen molar-refractivity contribution < 1.29 is 13.3 Å². The van der Waals surface area contributed by atoms with Gasteiger partial charge in [-0.3, -0.25) is 15.1 Å². The van der Waals surface area contributed by atoms with E-state index in [2.05, 4.69) is 15.0 Å². The van der Waals surface area contributed by atoms with Gasteiger partial charge in [0.05, 0.1) is 9.82 Å². The van der Waals surface area contributed by atoms with E-state index in [0.29, 0.717) is 18.5 Å². The number of hydrogen-bond donors (Lipinski definition) is 2. The average molecular weight is 505 g/mol. The lowest BCUT2D eigenvalue weighted by Gasteiger charge is -2.13. The number of non-ortho nitro benzene ring substituents is 1. The number of aromatic nitrogens is 1. The molecular weight excluding hydrogens is 476 g/mol. The third-order valence-corrected chi connectivity index (χ3v) is 7.54. The maximum Gasteiger partial charge on any atom is 0.269 e. The monoisotopic (exact) mass is 504 g/mol. The Morgan fingerprint density at radius 3 is 2.50 bits per heavy atom. The summed E-state index contributed by atoms with van der Waals surface area (Å²) in [7, 11) is -3.74. The van der Waals surface area contributed by atoms with Crippen LogP contribution in [0.3, 0.4) is 0 Å². The van der Waals surface area contributed by atoms with Crippen molar-refractivity contribution in [3.05, 3.63) is 100 Å². The fraction of sp³-hybridized carbons (Fsp3) is 0.222. The van der Waals surface area contributed by atoms with Gasteiger partial charge in [0.1, 0.15) is 0 Å². The van der Waals surface area contributed by atoms with E-state index in [1.165, 1.54) is 6.07 Å². The molecule has 0 radical (unpaired) electrons.